The molecule has 1 saturated heterocycles. The van der Waals surface area contributed by atoms with E-state index in [0.717, 1.165) is 48.1 Å². The Balaban J connectivity index is 0.000000365. The van der Waals surface area contributed by atoms with E-state index in [0.29, 0.717) is 22.0 Å². The number of aliphatic hydroxyl groups excluding tert-OH is 1. The molecule has 14 nitrogen and oxygen atoms in total. The smallest absolute Gasteiger partial charge is 0.475 e. The Morgan fingerprint density at radius 2 is 1.50 bits per heavy atom. The van der Waals surface area contributed by atoms with Crippen molar-refractivity contribution >= 4 is 63.1 Å². The number of carboxylic acids is 3. The second-order valence-electron chi connectivity index (χ2n) is 10.4. The van der Waals surface area contributed by atoms with E-state index >= 15 is 0 Å². The zero-order valence-electron chi connectivity index (χ0n) is 26.2. The van der Waals surface area contributed by atoms with Gasteiger partial charge >= 0.3 is 36.4 Å². The topological polar surface area (TPSA) is 215 Å². The molecule has 1 aromatic carbocycles. The van der Waals surface area contributed by atoms with Crippen molar-refractivity contribution in [3.8, 4) is 0 Å². The van der Waals surface area contributed by atoms with Crippen LogP contribution in [-0.4, -0.2) is 101 Å². The van der Waals surface area contributed by atoms with Gasteiger partial charge < -0.3 is 35.6 Å². The molecular weight excluding hydrogens is 753 g/mol. The van der Waals surface area contributed by atoms with Gasteiger partial charge in [0.05, 0.1) is 28.6 Å². The van der Waals surface area contributed by atoms with Gasteiger partial charge in [-0.1, -0.05) is 11.6 Å². The number of piperidine rings is 1. The van der Waals surface area contributed by atoms with Gasteiger partial charge in [0, 0.05) is 36.8 Å². The Labute approximate surface area is 290 Å². The number of imidazole rings is 1. The van der Waals surface area contributed by atoms with Gasteiger partial charge in [-0.3, -0.25) is 4.98 Å². The quantitative estimate of drug-likeness (QED) is 0.132. The predicted molar refractivity (Wildman–Crippen MR) is 164 cm³/mol. The first kappa shape index (κ1) is 43.0. The van der Waals surface area contributed by atoms with Crippen molar-refractivity contribution < 1.29 is 74.3 Å². The number of hydrogen-bond acceptors (Lipinski definition) is 10. The highest BCUT2D eigenvalue weighted by atomic mass is 35.5. The standard InChI is InChI=1S/C22H24ClN7O.3C2HF3O2/c1-13(29-22-19-21(26-11-25-19)27-12-28-22)16-8-17(23)15-5-2-6-24-18(15)20(16)30-7-3-4-14(9-30)10-31;3*3-2(4,5)1(6)7/h2,5-6,8,11-14,31H,3-4,7,9-10H2,1H3,(H2,25,26,27,28,29);3*(H,6,7). The Bertz CT molecular complexity index is 1780. The van der Waals surface area contributed by atoms with Gasteiger partial charge in [-0.2, -0.15) is 39.5 Å². The highest BCUT2D eigenvalue weighted by molar-refractivity contribution is 6.36. The Kier molecular flexibility index (Phi) is 14.7. The number of rotatable bonds is 5. The first-order valence-electron chi connectivity index (χ1n) is 14.2. The number of alkyl halides is 9. The maximum Gasteiger partial charge on any atom is 0.490 e. The number of anilines is 2. The molecule has 0 radical (unpaired) electrons. The van der Waals surface area contributed by atoms with Crippen LogP contribution in [0.15, 0.2) is 37.1 Å². The van der Waals surface area contributed by atoms with Gasteiger partial charge in [0.1, 0.15) is 11.8 Å². The van der Waals surface area contributed by atoms with Crippen molar-refractivity contribution in [2.75, 3.05) is 29.9 Å². The molecular formula is C28H27ClF9N7O7. The molecule has 286 valence electrons. The van der Waals surface area contributed by atoms with Crippen LogP contribution in [0, 0.1) is 5.92 Å². The normalized spacial score (nSPS) is 15.2. The number of hydrogen-bond donors (Lipinski definition) is 6. The van der Waals surface area contributed by atoms with Crippen LogP contribution in [0.25, 0.3) is 22.1 Å². The van der Waals surface area contributed by atoms with Crippen molar-refractivity contribution in [1.29, 1.82) is 0 Å². The molecule has 52 heavy (non-hydrogen) atoms. The molecule has 6 N–H and O–H groups in total. The first-order chi connectivity index (χ1) is 24.0. The van der Waals surface area contributed by atoms with E-state index in [4.69, 9.17) is 46.3 Å². The number of nitrogens with one attached hydrogen (secondary N) is 2. The summed E-state index contributed by atoms with van der Waals surface area (Å²) in [6.07, 6.45) is -8.26. The highest BCUT2D eigenvalue weighted by Gasteiger charge is 2.39. The molecule has 0 aliphatic carbocycles. The minimum absolute atomic E-state index is 0.108. The van der Waals surface area contributed by atoms with Gasteiger partial charge in [-0.05, 0) is 43.9 Å². The number of aliphatic hydroxyl groups is 1. The summed E-state index contributed by atoms with van der Waals surface area (Å²) in [5.41, 5.74) is 4.36. The van der Waals surface area contributed by atoms with E-state index in [1.165, 1.54) is 6.33 Å². The number of nitrogens with zero attached hydrogens (tertiary/aromatic N) is 5. The second-order valence-corrected chi connectivity index (χ2v) is 10.8. The molecule has 2 unspecified atom stereocenters. The average Bonchev–Trinajstić information content (AvgIpc) is 3.54. The molecule has 24 heteroatoms. The number of halogens is 10. The van der Waals surface area contributed by atoms with E-state index in [2.05, 4.69) is 37.1 Å². The lowest BCUT2D eigenvalue weighted by molar-refractivity contribution is -0.193. The van der Waals surface area contributed by atoms with Crippen LogP contribution in [0.3, 0.4) is 0 Å². The van der Waals surface area contributed by atoms with Crippen LogP contribution in [-0.2, 0) is 14.4 Å². The average molecular weight is 780 g/mol. The summed E-state index contributed by atoms with van der Waals surface area (Å²) in [7, 11) is 0. The summed E-state index contributed by atoms with van der Waals surface area (Å²) < 4.78 is 95.2. The number of aromatic amines is 1. The minimum atomic E-state index is -5.08. The van der Waals surface area contributed by atoms with Crippen LogP contribution >= 0.6 is 11.6 Å². The number of benzene rings is 1. The maximum atomic E-state index is 10.6. The van der Waals surface area contributed by atoms with E-state index < -0.39 is 36.4 Å². The van der Waals surface area contributed by atoms with Crippen LogP contribution in [0.4, 0.5) is 51.0 Å². The van der Waals surface area contributed by atoms with E-state index in [1.807, 2.05) is 18.2 Å². The Hall–Kier alpha value is -5.19. The van der Waals surface area contributed by atoms with Crippen molar-refractivity contribution in [2.45, 2.75) is 44.3 Å². The second kappa shape index (κ2) is 17.8. The van der Waals surface area contributed by atoms with Crippen LogP contribution in [0.2, 0.25) is 5.02 Å². The van der Waals surface area contributed by atoms with Gasteiger partial charge in [0.15, 0.2) is 11.5 Å². The third-order valence-corrected chi connectivity index (χ3v) is 7.02. The number of pyridine rings is 1. The molecule has 1 aliphatic heterocycles. The number of aliphatic carboxylic acids is 3. The molecule has 0 spiro atoms. The van der Waals surface area contributed by atoms with Gasteiger partial charge in [0.25, 0.3) is 0 Å². The van der Waals surface area contributed by atoms with Crippen molar-refractivity contribution in [1.82, 2.24) is 24.9 Å². The van der Waals surface area contributed by atoms with Crippen molar-refractivity contribution in [3.63, 3.8) is 0 Å². The number of H-pyrrole nitrogens is 1. The summed E-state index contributed by atoms with van der Waals surface area (Å²) in [4.78, 5) is 49.7. The van der Waals surface area contributed by atoms with E-state index in [9.17, 15) is 44.6 Å². The van der Waals surface area contributed by atoms with Gasteiger partial charge in [0.2, 0.25) is 0 Å². The summed E-state index contributed by atoms with van der Waals surface area (Å²) in [5, 5.41) is 36.2. The first-order valence-corrected chi connectivity index (χ1v) is 14.6. The maximum absolute atomic E-state index is 10.6. The zero-order chi connectivity index (χ0) is 39.6. The monoisotopic (exact) mass is 779 g/mol. The zero-order valence-corrected chi connectivity index (χ0v) is 26.9. The molecule has 4 aromatic rings. The fraction of sp³-hybridized carbons (Fsp3) is 0.393. The van der Waals surface area contributed by atoms with E-state index in [1.54, 1.807) is 12.5 Å². The molecule has 1 aliphatic rings. The van der Waals surface area contributed by atoms with E-state index in [-0.39, 0.29) is 18.6 Å². The van der Waals surface area contributed by atoms with Crippen LogP contribution in [0.5, 0.6) is 0 Å². The fourth-order valence-corrected chi connectivity index (χ4v) is 4.71. The summed E-state index contributed by atoms with van der Waals surface area (Å²) >= 11 is 6.68. The lowest BCUT2D eigenvalue weighted by Gasteiger charge is -2.36. The Morgan fingerprint density at radius 1 is 0.942 bits per heavy atom. The number of carboxylic acid groups (broad SMARTS) is 3. The van der Waals surface area contributed by atoms with Gasteiger partial charge in [-0.25, -0.2) is 29.3 Å². The number of carbonyl (C=O) groups is 3. The fourth-order valence-electron chi connectivity index (χ4n) is 4.44. The summed E-state index contributed by atoms with van der Waals surface area (Å²) in [6.45, 7) is 3.98. The SMILES string of the molecule is CC(Nc1ncnc2[nH]cnc12)c1cc(Cl)c2cccnc2c1N1CCCC(CO)C1.O=C(O)C(F)(F)F.O=C(O)C(F)(F)F.O=C(O)C(F)(F)F. The summed E-state index contributed by atoms with van der Waals surface area (Å²) in [6, 6.07) is 5.82. The molecule has 2 atom stereocenters. The lowest BCUT2D eigenvalue weighted by atomic mass is 9.95. The molecule has 0 bridgehead atoms. The number of fused-ring (bicyclic) bond motifs is 2. The molecule has 5 rings (SSSR count). The molecule has 0 amide bonds. The third-order valence-electron chi connectivity index (χ3n) is 6.70. The molecule has 3 aromatic heterocycles. The Morgan fingerprint density at radius 3 is 2.02 bits per heavy atom. The summed E-state index contributed by atoms with van der Waals surface area (Å²) in [5.74, 6) is -7.36. The lowest BCUT2D eigenvalue weighted by Crippen LogP contribution is -2.38. The molecule has 4 heterocycles. The third kappa shape index (κ3) is 12.2. The number of aromatic nitrogens is 5. The van der Waals surface area contributed by atoms with Gasteiger partial charge in [-0.15, -0.1) is 0 Å². The largest absolute Gasteiger partial charge is 0.490 e. The predicted octanol–water partition coefficient (Wildman–Crippen LogP) is 5.84. The minimum Gasteiger partial charge on any atom is -0.475 e. The van der Waals surface area contributed by atoms with Crippen molar-refractivity contribution in [2.24, 2.45) is 5.92 Å². The highest BCUT2D eigenvalue weighted by Crippen LogP contribution is 2.40. The van der Waals surface area contributed by atoms with Crippen molar-refractivity contribution in [3.05, 3.63) is 47.6 Å². The molecule has 0 saturated carbocycles. The van der Waals surface area contributed by atoms with Crippen LogP contribution in [0.1, 0.15) is 31.4 Å². The molecule has 1 fully saturated rings. The van der Waals surface area contributed by atoms with Crippen LogP contribution < -0.4 is 10.2 Å².